The lowest BCUT2D eigenvalue weighted by Gasteiger charge is -2.30. The normalized spacial score (nSPS) is 14.5. The van der Waals surface area contributed by atoms with Gasteiger partial charge >= 0.3 is 5.97 Å². The van der Waals surface area contributed by atoms with Crippen molar-refractivity contribution in [2.45, 2.75) is 52.2 Å². The summed E-state index contributed by atoms with van der Waals surface area (Å²) in [6, 6.07) is 0.224. The van der Waals surface area contributed by atoms with Crippen LogP contribution < -0.4 is 5.32 Å². The number of hydrogen-bond acceptors (Lipinski definition) is 4. The van der Waals surface area contributed by atoms with Crippen molar-refractivity contribution in [3.05, 3.63) is 18.7 Å². The molecule has 0 aliphatic rings. The van der Waals surface area contributed by atoms with Gasteiger partial charge in [-0.05, 0) is 34.1 Å². The second-order valence-electron chi connectivity index (χ2n) is 4.90. The summed E-state index contributed by atoms with van der Waals surface area (Å²) in [6.07, 6.45) is 6.04. The third-order valence-corrected chi connectivity index (χ3v) is 2.76. The molecule has 1 atom stereocenters. The van der Waals surface area contributed by atoms with Gasteiger partial charge < -0.3 is 9.30 Å². The van der Waals surface area contributed by atoms with E-state index in [-0.39, 0.29) is 12.0 Å². The van der Waals surface area contributed by atoms with Crippen molar-refractivity contribution < 1.29 is 9.53 Å². The van der Waals surface area contributed by atoms with Crippen molar-refractivity contribution in [2.75, 3.05) is 6.61 Å². The number of rotatable bonds is 7. The molecule has 0 radical (unpaired) electrons. The molecule has 102 valence electrons. The lowest BCUT2D eigenvalue weighted by Crippen LogP contribution is -2.53. The van der Waals surface area contributed by atoms with Gasteiger partial charge in [-0.3, -0.25) is 10.1 Å². The Morgan fingerprint density at radius 3 is 2.78 bits per heavy atom. The molecule has 0 spiro atoms. The van der Waals surface area contributed by atoms with E-state index in [9.17, 15) is 4.79 Å². The van der Waals surface area contributed by atoms with Gasteiger partial charge in [0, 0.05) is 25.0 Å². The van der Waals surface area contributed by atoms with Gasteiger partial charge in [0.05, 0.1) is 12.9 Å². The molecule has 0 bridgehead atoms. The first-order valence-electron chi connectivity index (χ1n) is 6.38. The van der Waals surface area contributed by atoms with E-state index < -0.39 is 5.54 Å². The number of nitrogens with zero attached hydrogens (tertiary/aromatic N) is 2. The number of imidazole rings is 1. The maximum atomic E-state index is 12.1. The van der Waals surface area contributed by atoms with Crippen LogP contribution in [0, 0.1) is 0 Å². The van der Waals surface area contributed by atoms with Crippen molar-refractivity contribution in [3.63, 3.8) is 0 Å². The van der Waals surface area contributed by atoms with Crippen LogP contribution in [-0.2, 0) is 16.1 Å². The number of nitrogens with one attached hydrogen (secondary N) is 1. The van der Waals surface area contributed by atoms with E-state index in [0.717, 1.165) is 6.54 Å². The van der Waals surface area contributed by atoms with E-state index >= 15 is 0 Å². The Morgan fingerprint density at radius 1 is 1.56 bits per heavy atom. The van der Waals surface area contributed by atoms with E-state index in [2.05, 4.69) is 10.3 Å². The summed E-state index contributed by atoms with van der Waals surface area (Å²) in [7, 11) is 0. The Kier molecular flexibility index (Phi) is 5.34. The van der Waals surface area contributed by atoms with E-state index in [1.807, 2.05) is 38.5 Å². The predicted octanol–water partition coefficient (Wildman–Crippen LogP) is 1.59. The highest BCUT2D eigenvalue weighted by atomic mass is 16.5. The number of ether oxygens (including phenoxy) is 1. The molecule has 0 amide bonds. The topological polar surface area (TPSA) is 56.2 Å². The molecule has 0 aromatic carbocycles. The van der Waals surface area contributed by atoms with Crippen molar-refractivity contribution in [1.82, 2.24) is 14.9 Å². The fraction of sp³-hybridized carbons (Fsp3) is 0.692. The highest BCUT2D eigenvalue weighted by Crippen LogP contribution is 2.15. The van der Waals surface area contributed by atoms with Crippen LogP contribution in [0.5, 0.6) is 0 Å². The summed E-state index contributed by atoms with van der Waals surface area (Å²) in [5.74, 6) is -0.196. The SMILES string of the molecule is CCOC(=O)C(C)(CCn1ccnc1)NC(C)C. The molecule has 1 heterocycles. The highest BCUT2D eigenvalue weighted by Gasteiger charge is 2.34. The molecule has 1 rings (SSSR count). The zero-order valence-electron chi connectivity index (χ0n) is 11.6. The number of carbonyl (C=O) groups is 1. The summed E-state index contributed by atoms with van der Waals surface area (Å²) < 4.78 is 7.11. The van der Waals surface area contributed by atoms with Crippen LogP contribution in [0.3, 0.4) is 0 Å². The largest absolute Gasteiger partial charge is 0.465 e. The van der Waals surface area contributed by atoms with E-state index in [1.165, 1.54) is 0 Å². The molecule has 1 unspecified atom stereocenters. The Bertz CT molecular complexity index is 362. The zero-order chi connectivity index (χ0) is 13.6. The molecule has 0 fully saturated rings. The summed E-state index contributed by atoms with van der Waals surface area (Å²) in [6.45, 7) is 8.89. The van der Waals surface area contributed by atoms with Crippen molar-refractivity contribution in [2.24, 2.45) is 0 Å². The Balaban J connectivity index is 2.67. The average Bonchev–Trinajstić information content (AvgIpc) is 2.78. The molecule has 1 N–H and O–H groups in total. The molecule has 0 aliphatic heterocycles. The Labute approximate surface area is 109 Å². The van der Waals surface area contributed by atoms with E-state index in [1.54, 1.807) is 12.5 Å². The first kappa shape index (κ1) is 14.7. The number of aromatic nitrogens is 2. The first-order valence-corrected chi connectivity index (χ1v) is 6.38. The van der Waals surface area contributed by atoms with Crippen LogP contribution in [0.1, 0.15) is 34.1 Å². The van der Waals surface area contributed by atoms with Crippen molar-refractivity contribution in [3.8, 4) is 0 Å². The van der Waals surface area contributed by atoms with Gasteiger partial charge in [0.25, 0.3) is 0 Å². The van der Waals surface area contributed by atoms with Crippen LogP contribution in [0.4, 0.5) is 0 Å². The number of hydrogen-bond donors (Lipinski definition) is 1. The van der Waals surface area contributed by atoms with Gasteiger partial charge in [0.1, 0.15) is 5.54 Å². The summed E-state index contributed by atoms with van der Waals surface area (Å²) in [5.41, 5.74) is -0.658. The quantitative estimate of drug-likeness (QED) is 0.750. The standard InChI is InChI=1S/C13H23N3O2/c1-5-18-12(17)13(4,15-11(2)3)6-8-16-9-7-14-10-16/h7,9-11,15H,5-6,8H2,1-4H3. The van der Waals surface area contributed by atoms with Gasteiger partial charge in [-0.15, -0.1) is 0 Å². The van der Waals surface area contributed by atoms with Crippen molar-refractivity contribution in [1.29, 1.82) is 0 Å². The van der Waals surface area contributed by atoms with E-state index in [4.69, 9.17) is 4.74 Å². The average molecular weight is 253 g/mol. The molecular formula is C13H23N3O2. The number of esters is 1. The second kappa shape index (κ2) is 6.54. The lowest BCUT2D eigenvalue weighted by molar-refractivity contribution is -0.151. The fourth-order valence-corrected chi connectivity index (χ4v) is 1.93. The molecular weight excluding hydrogens is 230 g/mol. The molecule has 18 heavy (non-hydrogen) atoms. The summed E-state index contributed by atoms with van der Waals surface area (Å²) in [5, 5.41) is 3.29. The van der Waals surface area contributed by atoms with Gasteiger partial charge in [-0.1, -0.05) is 0 Å². The lowest BCUT2D eigenvalue weighted by atomic mass is 9.96. The minimum atomic E-state index is -0.658. The van der Waals surface area contributed by atoms with Crippen LogP contribution in [0.15, 0.2) is 18.7 Å². The molecule has 5 nitrogen and oxygen atoms in total. The molecule has 0 saturated heterocycles. The van der Waals surface area contributed by atoms with Crippen LogP contribution in [-0.4, -0.2) is 33.7 Å². The molecule has 1 aromatic rings. The summed E-state index contributed by atoms with van der Waals surface area (Å²) >= 11 is 0. The highest BCUT2D eigenvalue weighted by molar-refractivity contribution is 5.80. The maximum Gasteiger partial charge on any atom is 0.326 e. The fourth-order valence-electron chi connectivity index (χ4n) is 1.93. The minimum absolute atomic E-state index is 0.196. The zero-order valence-corrected chi connectivity index (χ0v) is 11.6. The molecule has 5 heteroatoms. The molecule has 1 aromatic heterocycles. The molecule has 0 saturated carbocycles. The van der Waals surface area contributed by atoms with Gasteiger partial charge in [-0.25, -0.2) is 4.98 Å². The van der Waals surface area contributed by atoms with Crippen LogP contribution >= 0.6 is 0 Å². The van der Waals surface area contributed by atoms with E-state index in [0.29, 0.717) is 13.0 Å². The van der Waals surface area contributed by atoms with Crippen LogP contribution in [0.2, 0.25) is 0 Å². The Hall–Kier alpha value is -1.36. The monoisotopic (exact) mass is 253 g/mol. The second-order valence-corrected chi connectivity index (χ2v) is 4.90. The predicted molar refractivity (Wildman–Crippen MR) is 70.2 cm³/mol. The minimum Gasteiger partial charge on any atom is -0.465 e. The summed E-state index contributed by atoms with van der Waals surface area (Å²) in [4.78, 5) is 16.0. The van der Waals surface area contributed by atoms with Crippen LogP contribution in [0.25, 0.3) is 0 Å². The maximum absolute atomic E-state index is 12.1. The number of aryl methyl sites for hydroxylation is 1. The smallest absolute Gasteiger partial charge is 0.326 e. The van der Waals surface area contributed by atoms with Crippen molar-refractivity contribution >= 4 is 5.97 Å². The number of carbonyl (C=O) groups excluding carboxylic acids is 1. The molecule has 0 aliphatic carbocycles. The first-order chi connectivity index (χ1) is 8.48. The van der Waals surface area contributed by atoms with Gasteiger partial charge in [0.15, 0.2) is 0 Å². The third kappa shape index (κ3) is 4.14. The van der Waals surface area contributed by atoms with Gasteiger partial charge in [-0.2, -0.15) is 0 Å². The Morgan fingerprint density at radius 2 is 2.28 bits per heavy atom. The third-order valence-electron chi connectivity index (χ3n) is 2.76. The van der Waals surface area contributed by atoms with Gasteiger partial charge in [0.2, 0.25) is 0 Å².